The molecule has 1 heterocycles. The molecule has 1 unspecified atom stereocenters. The van der Waals surface area contributed by atoms with Gasteiger partial charge < -0.3 is 5.73 Å². The van der Waals surface area contributed by atoms with E-state index in [1.807, 2.05) is 36.1 Å². The fourth-order valence-corrected chi connectivity index (χ4v) is 2.92. The number of halogens is 2. The molecule has 1 aromatic heterocycles. The number of nitrogens with two attached hydrogens (primary N) is 1. The number of hydrogen-bond acceptors (Lipinski definition) is 2. The summed E-state index contributed by atoms with van der Waals surface area (Å²) in [6.07, 6.45) is 3.60. The average Bonchev–Trinajstić information content (AvgIpc) is 2.74. The van der Waals surface area contributed by atoms with Crippen LogP contribution in [-0.4, -0.2) is 9.78 Å². The van der Waals surface area contributed by atoms with E-state index in [0.717, 1.165) is 32.7 Å². The Balaban J connectivity index is 2.22. The van der Waals surface area contributed by atoms with E-state index in [-0.39, 0.29) is 6.04 Å². The first-order valence-electron chi connectivity index (χ1n) is 6.23. The lowest BCUT2D eigenvalue weighted by Crippen LogP contribution is -2.14. The summed E-state index contributed by atoms with van der Waals surface area (Å²) in [7, 11) is 1.92. The summed E-state index contributed by atoms with van der Waals surface area (Å²) in [4.78, 5) is 0. The standard InChI is InChI=1S/C14H17BrClN3/c1-3-14-11(8-19(2)18-14)13(17)6-9-4-5-10(15)7-12(9)16/h4-5,7-8,13H,3,6,17H2,1-2H3. The molecule has 3 nitrogen and oxygen atoms in total. The number of benzene rings is 1. The van der Waals surface area contributed by atoms with Gasteiger partial charge in [-0.15, -0.1) is 0 Å². The minimum atomic E-state index is -0.0812. The second kappa shape index (κ2) is 6.07. The van der Waals surface area contributed by atoms with E-state index in [0.29, 0.717) is 6.42 Å². The monoisotopic (exact) mass is 341 g/mol. The lowest BCUT2D eigenvalue weighted by atomic mass is 9.99. The average molecular weight is 343 g/mol. The zero-order valence-electron chi connectivity index (χ0n) is 11.0. The van der Waals surface area contributed by atoms with Crippen molar-refractivity contribution in [3.63, 3.8) is 0 Å². The Hall–Kier alpha value is -0.840. The number of rotatable bonds is 4. The Kier molecular flexibility index (Phi) is 4.66. The van der Waals surface area contributed by atoms with Crippen molar-refractivity contribution in [1.82, 2.24) is 9.78 Å². The van der Waals surface area contributed by atoms with Crippen molar-refractivity contribution in [2.45, 2.75) is 25.8 Å². The molecular weight excluding hydrogens is 326 g/mol. The lowest BCUT2D eigenvalue weighted by Gasteiger charge is -2.13. The molecule has 0 bridgehead atoms. The van der Waals surface area contributed by atoms with Crippen LogP contribution in [0.3, 0.4) is 0 Å². The molecule has 0 aliphatic rings. The zero-order chi connectivity index (χ0) is 14.0. The molecule has 0 spiro atoms. The van der Waals surface area contributed by atoms with Crippen LogP contribution < -0.4 is 5.73 Å². The molecule has 0 radical (unpaired) electrons. The van der Waals surface area contributed by atoms with Gasteiger partial charge in [0.2, 0.25) is 0 Å². The van der Waals surface area contributed by atoms with Gasteiger partial charge >= 0.3 is 0 Å². The summed E-state index contributed by atoms with van der Waals surface area (Å²) < 4.78 is 2.79. The van der Waals surface area contributed by atoms with Crippen molar-refractivity contribution in [3.05, 3.63) is 50.7 Å². The summed E-state index contributed by atoms with van der Waals surface area (Å²) in [6.45, 7) is 2.09. The van der Waals surface area contributed by atoms with Crippen LogP contribution in [0.5, 0.6) is 0 Å². The molecule has 0 saturated carbocycles. The van der Waals surface area contributed by atoms with Crippen molar-refractivity contribution in [3.8, 4) is 0 Å². The van der Waals surface area contributed by atoms with Gasteiger partial charge in [0.05, 0.1) is 5.69 Å². The maximum absolute atomic E-state index is 6.30. The molecule has 19 heavy (non-hydrogen) atoms. The Morgan fingerprint density at radius 1 is 1.47 bits per heavy atom. The Morgan fingerprint density at radius 3 is 2.84 bits per heavy atom. The zero-order valence-corrected chi connectivity index (χ0v) is 13.4. The summed E-state index contributed by atoms with van der Waals surface area (Å²) in [6, 6.07) is 5.81. The van der Waals surface area contributed by atoms with E-state index in [1.165, 1.54) is 0 Å². The SMILES string of the molecule is CCc1nn(C)cc1C(N)Cc1ccc(Br)cc1Cl. The van der Waals surface area contributed by atoms with Gasteiger partial charge in [0.25, 0.3) is 0 Å². The molecule has 0 fully saturated rings. The minimum absolute atomic E-state index is 0.0812. The molecule has 2 rings (SSSR count). The normalized spacial score (nSPS) is 12.7. The van der Waals surface area contributed by atoms with Gasteiger partial charge in [-0.25, -0.2) is 0 Å². The molecule has 0 saturated heterocycles. The fourth-order valence-electron chi connectivity index (χ4n) is 2.17. The van der Waals surface area contributed by atoms with E-state index >= 15 is 0 Å². The molecule has 102 valence electrons. The second-order valence-electron chi connectivity index (χ2n) is 4.60. The molecule has 2 aromatic rings. The number of hydrogen-bond donors (Lipinski definition) is 1. The molecular formula is C14H17BrClN3. The predicted molar refractivity (Wildman–Crippen MR) is 82.4 cm³/mol. The van der Waals surface area contributed by atoms with Gasteiger partial charge in [-0.3, -0.25) is 4.68 Å². The second-order valence-corrected chi connectivity index (χ2v) is 5.93. The third-order valence-corrected chi connectivity index (χ3v) is 3.97. The summed E-state index contributed by atoms with van der Waals surface area (Å²) in [5.41, 5.74) is 9.52. The highest BCUT2D eigenvalue weighted by atomic mass is 79.9. The minimum Gasteiger partial charge on any atom is -0.324 e. The highest BCUT2D eigenvalue weighted by Crippen LogP contribution is 2.26. The summed E-state index contributed by atoms with van der Waals surface area (Å²) in [5.74, 6) is 0. The van der Waals surface area contributed by atoms with Crippen LogP contribution in [0.4, 0.5) is 0 Å². The van der Waals surface area contributed by atoms with Crippen LogP contribution in [0, 0.1) is 0 Å². The van der Waals surface area contributed by atoms with Gasteiger partial charge in [0.1, 0.15) is 0 Å². The highest BCUT2D eigenvalue weighted by molar-refractivity contribution is 9.10. The summed E-state index contributed by atoms with van der Waals surface area (Å²) in [5, 5.41) is 5.17. The largest absolute Gasteiger partial charge is 0.324 e. The molecule has 0 amide bonds. The smallest absolute Gasteiger partial charge is 0.0669 e. The first kappa shape index (κ1) is 14.6. The lowest BCUT2D eigenvalue weighted by molar-refractivity contribution is 0.711. The van der Waals surface area contributed by atoms with Crippen LogP contribution >= 0.6 is 27.5 Å². The Labute approximate surface area is 126 Å². The molecule has 0 aliphatic heterocycles. The van der Waals surface area contributed by atoms with Crippen LogP contribution in [0.25, 0.3) is 0 Å². The van der Waals surface area contributed by atoms with E-state index in [4.69, 9.17) is 17.3 Å². The molecule has 2 N–H and O–H groups in total. The van der Waals surface area contributed by atoms with Crippen LogP contribution in [-0.2, 0) is 19.9 Å². The van der Waals surface area contributed by atoms with Gasteiger partial charge in [-0.05, 0) is 30.5 Å². The topological polar surface area (TPSA) is 43.8 Å². The van der Waals surface area contributed by atoms with E-state index < -0.39 is 0 Å². The van der Waals surface area contributed by atoms with Gasteiger partial charge in [-0.1, -0.05) is 40.5 Å². The number of aromatic nitrogens is 2. The number of aryl methyl sites for hydroxylation is 2. The first-order valence-corrected chi connectivity index (χ1v) is 7.40. The number of nitrogens with zero attached hydrogens (tertiary/aromatic N) is 2. The van der Waals surface area contributed by atoms with Crippen molar-refractivity contribution >= 4 is 27.5 Å². The van der Waals surface area contributed by atoms with Crippen molar-refractivity contribution in [1.29, 1.82) is 0 Å². The highest BCUT2D eigenvalue weighted by Gasteiger charge is 2.15. The first-order chi connectivity index (χ1) is 9.01. The molecule has 1 atom stereocenters. The third kappa shape index (κ3) is 3.38. The van der Waals surface area contributed by atoms with Crippen LogP contribution in [0.2, 0.25) is 5.02 Å². The molecule has 1 aromatic carbocycles. The van der Waals surface area contributed by atoms with Gasteiger partial charge in [-0.2, -0.15) is 5.10 Å². The third-order valence-electron chi connectivity index (χ3n) is 3.13. The van der Waals surface area contributed by atoms with Gasteiger partial charge in [0.15, 0.2) is 0 Å². The van der Waals surface area contributed by atoms with Crippen LogP contribution in [0.1, 0.15) is 29.8 Å². The Bertz CT molecular complexity index is 580. The maximum atomic E-state index is 6.30. The van der Waals surface area contributed by atoms with E-state index in [9.17, 15) is 0 Å². The van der Waals surface area contributed by atoms with Crippen molar-refractivity contribution in [2.24, 2.45) is 12.8 Å². The van der Waals surface area contributed by atoms with E-state index in [2.05, 4.69) is 28.0 Å². The van der Waals surface area contributed by atoms with Crippen molar-refractivity contribution < 1.29 is 0 Å². The van der Waals surface area contributed by atoms with Gasteiger partial charge in [0, 0.05) is 34.3 Å². The fraction of sp³-hybridized carbons (Fsp3) is 0.357. The van der Waals surface area contributed by atoms with E-state index in [1.54, 1.807) is 0 Å². The molecule has 0 aliphatic carbocycles. The van der Waals surface area contributed by atoms with Crippen LogP contribution in [0.15, 0.2) is 28.9 Å². The van der Waals surface area contributed by atoms with Crippen molar-refractivity contribution in [2.75, 3.05) is 0 Å². The predicted octanol–water partition coefficient (Wildman–Crippen LogP) is 3.64. The maximum Gasteiger partial charge on any atom is 0.0669 e. The quantitative estimate of drug-likeness (QED) is 0.922. The summed E-state index contributed by atoms with van der Waals surface area (Å²) >= 11 is 9.64. The Morgan fingerprint density at radius 2 is 2.21 bits per heavy atom. The molecule has 5 heteroatoms.